The van der Waals surface area contributed by atoms with Gasteiger partial charge in [-0.1, -0.05) is 41.4 Å². The molecular formula is C19H16ClNO3S. The average Bonchev–Trinajstić information content (AvgIpc) is 2.98. The minimum Gasteiger partial charge on any atom is -0.481 e. The zero-order chi connectivity index (χ0) is 17.8. The highest BCUT2D eigenvalue weighted by atomic mass is 35.5. The van der Waals surface area contributed by atoms with E-state index in [1.165, 1.54) is 17.3 Å². The quantitative estimate of drug-likeness (QED) is 0.620. The van der Waals surface area contributed by atoms with Crippen molar-refractivity contribution >= 4 is 29.3 Å². The number of halogens is 1. The second kappa shape index (κ2) is 7.76. The van der Waals surface area contributed by atoms with Gasteiger partial charge in [-0.05, 0) is 43.0 Å². The van der Waals surface area contributed by atoms with Gasteiger partial charge in [0, 0.05) is 21.9 Å². The molecule has 3 rings (SSSR count). The molecule has 128 valence electrons. The lowest BCUT2D eigenvalue weighted by Crippen LogP contribution is -1.97. The van der Waals surface area contributed by atoms with Crippen LogP contribution >= 0.6 is 23.4 Å². The molecule has 2 aromatic carbocycles. The van der Waals surface area contributed by atoms with Crippen LogP contribution in [0.3, 0.4) is 0 Å². The molecule has 1 N–H and O–H groups in total. The number of aryl methyl sites for hydroxylation is 2. The van der Waals surface area contributed by atoms with Gasteiger partial charge < -0.3 is 9.52 Å². The zero-order valence-electron chi connectivity index (χ0n) is 13.5. The molecule has 0 fully saturated rings. The minimum atomic E-state index is -0.869. The molecule has 0 atom stereocenters. The van der Waals surface area contributed by atoms with Gasteiger partial charge >= 0.3 is 5.97 Å². The predicted octanol–water partition coefficient (Wildman–Crippen LogP) is 5.47. The van der Waals surface area contributed by atoms with Crippen molar-refractivity contribution in [3.63, 3.8) is 0 Å². The monoisotopic (exact) mass is 373 g/mol. The summed E-state index contributed by atoms with van der Waals surface area (Å²) in [6, 6.07) is 15.3. The number of oxazole rings is 1. The molecule has 0 aliphatic rings. The van der Waals surface area contributed by atoms with Gasteiger partial charge in [-0.15, -0.1) is 0 Å². The zero-order valence-corrected chi connectivity index (χ0v) is 15.1. The van der Waals surface area contributed by atoms with Crippen molar-refractivity contribution in [2.75, 3.05) is 0 Å². The van der Waals surface area contributed by atoms with E-state index < -0.39 is 5.97 Å². The van der Waals surface area contributed by atoms with Crippen LogP contribution in [0.1, 0.15) is 17.7 Å². The molecule has 4 nitrogen and oxygen atoms in total. The van der Waals surface area contributed by atoms with Crippen LogP contribution < -0.4 is 0 Å². The standard InChI is InChI=1S/C19H16ClNO3S/c1-12-2-8-15(9-3-12)25-19-21-18(13-4-6-14(20)7-5-13)16(24-19)10-11-17(22)23/h2-9H,10-11H2,1H3,(H,22,23). The molecule has 6 heteroatoms. The van der Waals surface area contributed by atoms with Crippen LogP contribution in [0, 0.1) is 6.92 Å². The fourth-order valence-electron chi connectivity index (χ4n) is 2.30. The van der Waals surface area contributed by atoms with E-state index >= 15 is 0 Å². The maximum absolute atomic E-state index is 10.9. The Morgan fingerprint density at radius 3 is 2.48 bits per heavy atom. The smallest absolute Gasteiger partial charge is 0.303 e. The number of hydrogen-bond donors (Lipinski definition) is 1. The Bertz CT molecular complexity index is 873. The summed E-state index contributed by atoms with van der Waals surface area (Å²) < 4.78 is 5.84. The summed E-state index contributed by atoms with van der Waals surface area (Å²) in [7, 11) is 0. The minimum absolute atomic E-state index is 0.00950. The van der Waals surface area contributed by atoms with Gasteiger partial charge in [-0.3, -0.25) is 4.79 Å². The van der Waals surface area contributed by atoms with Gasteiger partial charge in [-0.25, -0.2) is 4.98 Å². The van der Waals surface area contributed by atoms with E-state index in [4.69, 9.17) is 21.1 Å². The Labute approximate surface area is 154 Å². The molecule has 0 spiro atoms. The second-order valence-corrected chi connectivity index (χ2v) is 7.03. The van der Waals surface area contributed by atoms with E-state index in [1.54, 1.807) is 12.1 Å². The first-order valence-corrected chi connectivity index (χ1v) is 8.92. The molecule has 0 aliphatic carbocycles. The summed E-state index contributed by atoms with van der Waals surface area (Å²) in [6.07, 6.45) is 0.277. The number of carbonyl (C=O) groups is 1. The Kier molecular flexibility index (Phi) is 5.46. The lowest BCUT2D eigenvalue weighted by atomic mass is 10.1. The van der Waals surface area contributed by atoms with Crippen molar-refractivity contribution < 1.29 is 14.3 Å². The summed E-state index contributed by atoms with van der Waals surface area (Å²) >= 11 is 7.35. The van der Waals surface area contributed by atoms with E-state index in [0.29, 0.717) is 21.7 Å². The van der Waals surface area contributed by atoms with Gasteiger partial charge in [0.15, 0.2) is 0 Å². The second-order valence-electron chi connectivity index (χ2n) is 5.57. The van der Waals surface area contributed by atoms with Gasteiger partial charge in [-0.2, -0.15) is 0 Å². The first-order valence-electron chi connectivity index (χ1n) is 7.73. The first kappa shape index (κ1) is 17.6. The molecule has 0 bridgehead atoms. The van der Waals surface area contributed by atoms with E-state index in [0.717, 1.165) is 10.5 Å². The number of nitrogens with zero attached hydrogens (tertiary/aromatic N) is 1. The molecule has 1 aromatic heterocycles. The van der Waals surface area contributed by atoms with Crippen molar-refractivity contribution in [3.8, 4) is 11.3 Å². The largest absolute Gasteiger partial charge is 0.481 e. The van der Waals surface area contributed by atoms with E-state index in [-0.39, 0.29) is 12.8 Å². The lowest BCUT2D eigenvalue weighted by Gasteiger charge is -2.00. The molecule has 25 heavy (non-hydrogen) atoms. The number of rotatable bonds is 6. The van der Waals surface area contributed by atoms with Crippen LogP contribution in [-0.4, -0.2) is 16.1 Å². The van der Waals surface area contributed by atoms with Crippen LogP contribution in [0.15, 0.2) is 63.1 Å². The number of benzene rings is 2. The molecule has 0 amide bonds. The van der Waals surface area contributed by atoms with Crippen LogP contribution in [0.25, 0.3) is 11.3 Å². The van der Waals surface area contributed by atoms with Crippen molar-refractivity contribution in [1.82, 2.24) is 4.98 Å². The van der Waals surface area contributed by atoms with Crippen LogP contribution in [0.2, 0.25) is 5.02 Å². The van der Waals surface area contributed by atoms with Crippen LogP contribution in [-0.2, 0) is 11.2 Å². The van der Waals surface area contributed by atoms with E-state index in [1.807, 2.05) is 43.3 Å². The molecule has 3 aromatic rings. The number of aliphatic carboxylic acids is 1. The van der Waals surface area contributed by atoms with Gasteiger partial charge in [0.2, 0.25) is 0 Å². The van der Waals surface area contributed by atoms with Crippen LogP contribution in [0.4, 0.5) is 0 Å². The highest BCUT2D eigenvalue weighted by Gasteiger charge is 2.17. The van der Waals surface area contributed by atoms with Crippen molar-refractivity contribution in [3.05, 3.63) is 64.9 Å². The predicted molar refractivity (Wildman–Crippen MR) is 98.2 cm³/mol. The molecule has 0 saturated carbocycles. The molecule has 0 radical (unpaired) electrons. The summed E-state index contributed by atoms with van der Waals surface area (Å²) in [5.74, 6) is -0.300. The fourth-order valence-corrected chi connectivity index (χ4v) is 3.18. The Hall–Kier alpha value is -2.24. The molecule has 0 aliphatic heterocycles. The Morgan fingerprint density at radius 1 is 1.16 bits per heavy atom. The van der Waals surface area contributed by atoms with E-state index in [2.05, 4.69) is 4.98 Å². The number of carboxylic acid groups (broad SMARTS) is 1. The SMILES string of the molecule is Cc1ccc(Sc2nc(-c3ccc(Cl)cc3)c(CCC(=O)O)o2)cc1. The maximum Gasteiger partial charge on any atom is 0.303 e. The summed E-state index contributed by atoms with van der Waals surface area (Å²) in [5.41, 5.74) is 2.69. The summed E-state index contributed by atoms with van der Waals surface area (Å²) in [6.45, 7) is 2.03. The number of aromatic nitrogens is 1. The Morgan fingerprint density at radius 2 is 1.84 bits per heavy atom. The third-order valence-electron chi connectivity index (χ3n) is 3.59. The number of carboxylic acids is 1. The average molecular weight is 374 g/mol. The van der Waals surface area contributed by atoms with Crippen molar-refractivity contribution in [2.24, 2.45) is 0 Å². The van der Waals surface area contributed by atoms with E-state index in [9.17, 15) is 4.79 Å². The third-order valence-corrected chi connectivity index (χ3v) is 4.70. The maximum atomic E-state index is 10.9. The van der Waals surface area contributed by atoms with Gasteiger partial charge in [0.05, 0.1) is 6.42 Å². The molecule has 1 heterocycles. The fraction of sp³-hybridized carbons (Fsp3) is 0.158. The van der Waals surface area contributed by atoms with Crippen molar-refractivity contribution in [1.29, 1.82) is 0 Å². The molecule has 0 saturated heterocycles. The highest BCUT2D eigenvalue weighted by Crippen LogP contribution is 2.33. The summed E-state index contributed by atoms with van der Waals surface area (Å²) in [4.78, 5) is 16.5. The Balaban J connectivity index is 1.91. The first-order chi connectivity index (χ1) is 12.0. The van der Waals surface area contributed by atoms with Gasteiger partial charge in [0.25, 0.3) is 5.22 Å². The topological polar surface area (TPSA) is 63.3 Å². The van der Waals surface area contributed by atoms with Crippen LogP contribution in [0.5, 0.6) is 0 Å². The lowest BCUT2D eigenvalue weighted by molar-refractivity contribution is -0.137. The molecule has 0 unspecified atom stereocenters. The summed E-state index contributed by atoms with van der Waals surface area (Å²) in [5, 5.41) is 10.1. The highest BCUT2D eigenvalue weighted by molar-refractivity contribution is 7.99. The normalized spacial score (nSPS) is 10.8. The van der Waals surface area contributed by atoms with Gasteiger partial charge in [0.1, 0.15) is 11.5 Å². The van der Waals surface area contributed by atoms with Crippen molar-refractivity contribution in [2.45, 2.75) is 29.9 Å². The number of hydrogen-bond acceptors (Lipinski definition) is 4. The third kappa shape index (κ3) is 4.65. The molecular weight excluding hydrogens is 358 g/mol.